The Morgan fingerprint density at radius 2 is 2.16 bits per heavy atom. The number of aryl methyl sites for hydroxylation is 1. The van der Waals surface area contributed by atoms with Crippen molar-refractivity contribution >= 4 is 33.6 Å². The molecule has 2 aromatic heterocycles. The van der Waals surface area contributed by atoms with Crippen molar-refractivity contribution in [3.63, 3.8) is 0 Å². The van der Waals surface area contributed by atoms with Gasteiger partial charge in [-0.3, -0.25) is 4.79 Å². The molecule has 0 saturated carbocycles. The molecule has 2 heterocycles. The van der Waals surface area contributed by atoms with Crippen LogP contribution in [0.4, 0.5) is 5.82 Å². The largest absolute Gasteiger partial charge is 0.477 e. The molecule has 0 fully saturated rings. The molecule has 2 rings (SSSR count). The first-order valence-electron chi connectivity index (χ1n) is 5.19. The molecule has 98 valence electrons. The molecule has 0 unspecified atom stereocenters. The van der Waals surface area contributed by atoms with E-state index in [-0.39, 0.29) is 11.4 Å². The lowest BCUT2D eigenvalue weighted by molar-refractivity contribution is 0.0686. The van der Waals surface area contributed by atoms with Gasteiger partial charge in [0.1, 0.15) is 5.82 Å². The third kappa shape index (κ3) is 2.79. The normalized spacial score (nSPS) is 10.2. The molecule has 3 N–H and O–H groups in total. The molecule has 19 heavy (non-hydrogen) atoms. The molecular formula is C11H9BrN4O3. The summed E-state index contributed by atoms with van der Waals surface area (Å²) in [6, 6.07) is 1.78. The number of pyridine rings is 1. The SMILES string of the molecule is Cc1cc(Br)cnc1NC(=O)c1nc[nH]c1C(=O)O. The number of anilines is 1. The minimum Gasteiger partial charge on any atom is -0.477 e. The molecule has 2 aromatic rings. The number of halogens is 1. The van der Waals surface area contributed by atoms with Gasteiger partial charge in [-0.25, -0.2) is 14.8 Å². The average molecular weight is 325 g/mol. The zero-order valence-corrected chi connectivity index (χ0v) is 11.4. The molecule has 0 atom stereocenters. The highest BCUT2D eigenvalue weighted by Gasteiger charge is 2.20. The van der Waals surface area contributed by atoms with Gasteiger partial charge in [0.15, 0.2) is 11.4 Å². The van der Waals surface area contributed by atoms with Crippen LogP contribution in [-0.2, 0) is 0 Å². The highest BCUT2D eigenvalue weighted by Crippen LogP contribution is 2.17. The van der Waals surface area contributed by atoms with Crippen LogP contribution in [0.2, 0.25) is 0 Å². The maximum Gasteiger partial charge on any atom is 0.354 e. The molecule has 8 heteroatoms. The first-order valence-corrected chi connectivity index (χ1v) is 5.98. The Labute approximate surface area is 116 Å². The number of carbonyl (C=O) groups excluding carboxylic acids is 1. The molecule has 0 aromatic carbocycles. The number of aromatic amines is 1. The lowest BCUT2D eigenvalue weighted by atomic mass is 10.2. The Morgan fingerprint density at radius 1 is 1.42 bits per heavy atom. The number of aromatic nitrogens is 3. The number of amides is 1. The lowest BCUT2D eigenvalue weighted by Gasteiger charge is -2.06. The van der Waals surface area contributed by atoms with Gasteiger partial charge in [-0.2, -0.15) is 0 Å². The maximum atomic E-state index is 11.9. The van der Waals surface area contributed by atoms with Gasteiger partial charge in [-0.05, 0) is 34.5 Å². The molecule has 1 amide bonds. The minimum atomic E-state index is -1.25. The number of carboxylic acids is 1. The van der Waals surface area contributed by atoms with E-state index in [1.54, 1.807) is 13.0 Å². The van der Waals surface area contributed by atoms with Crippen molar-refractivity contribution < 1.29 is 14.7 Å². The van der Waals surface area contributed by atoms with E-state index < -0.39 is 11.9 Å². The van der Waals surface area contributed by atoms with E-state index in [0.717, 1.165) is 16.4 Å². The summed E-state index contributed by atoms with van der Waals surface area (Å²) >= 11 is 3.26. The van der Waals surface area contributed by atoms with E-state index in [4.69, 9.17) is 5.11 Å². The minimum absolute atomic E-state index is 0.184. The number of aromatic carboxylic acids is 1. The first kappa shape index (κ1) is 13.2. The van der Waals surface area contributed by atoms with Gasteiger partial charge < -0.3 is 15.4 Å². The fourth-order valence-corrected chi connectivity index (χ4v) is 1.91. The van der Waals surface area contributed by atoms with Crippen molar-refractivity contribution in [1.82, 2.24) is 15.0 Å². The number of nitrogens with zero attached hydrogens (tertiary/aromatic N) is 2. The molecule has 0 saturated heterocycles. The standard InChI is InChI=1S/C11H9BrN4O3/c1-5-2-6(12)3-13-9(5)16-10(17)7-8(11(18)19)15-4-14-7/h2-4H,1H3,(H,14,15)(H,18,19)(H,13,16,17). The van der Waals surface area contributed by atoms with E-state index in [0.29, 0.717) is 5.82 Å². The quantitative estimate of drug-likeness (QED) is 0.798. The van der Waals surface area contributed by atoms with E-state index >= 15 is 0 Å². The molecule has 0 aliphatic heterocycles. The average Bonchev–Trinajstić information content (AvgIpc) is 2.82. The zero-order chi connectivity index (χ0) is 14.0. The highest BCUT2D eigenvalue weighted by atomic mass is 79.9. The van der Waals surface area contributed by atoms with E-state index in [1.165, 1.54) is 6.20 Å². The van der Waals surface area contributed by atoms with Gasteiger partial charge in [0.25, 0.3) is 5.91 Å². The summed E-state index contributed by atoms with van der Waals surface area (Å²) in [4.78, 5) is 32.9. The van der Waals surface area contributed by atoms with Crippen molar-refractivity contribution in [1.29, 1.82) is 0 Å². The smallest absolute Gasteiger partial charge is 0.354 e. The summed E-state index contributed by atoms with van der Waals surface area (Å²) < 4.78 is 0.786. The molecule has 0 bridgehead atoms. The summed E-state index contributed by atoms with van der Waals surface area (Å²) in [5, 5.41) is 11.4. The molecule has 0 radical (unpaired) electrons. The van der Waals surface area contributed by atoms with Crippen LogP contribution in [0, 0.1) is 6.92 Å². The topological polar surface area (TPSA) is 108 Å². The van der Waals surface area contributed by atoms with E-state index in [9.17, 15) is 9.59 Å². The Bertz CT molecular complexity index is 653. The van der Waals surface area contributed by atoms with Crippen molar-refractivity contribution in [2.24, 2.45) is 0 Å². The van der Waals surface area contributed by atoms with Crippen LogP contribution in [0.5, 0.6) is 0 Å². The van der Waals surface area contributed by atoms with Crippen molar-refractivity contribution in [2.75, 3.05) is 5.32 Å². The van der Waals surface area contributed by atoms with Crippen LogP contribution in [-0.4, -0.2) is 31.9 Å². The summed E-state index contributed by atoms with van der Waals surface area (Å²) in [5.74, 6) is -1.52. The van der Waals surface area contributed by atoms with Crippen LogP contribution in [0.15, 0.2) is 23.1 Å². The second-order valence-corrected chi connectivity index (χ2v) is 4.62. The predicted octanol–water partition coefficient (Wildman–Crippen LogP) is 1.83. The fourth-order valence-electron chi connectivity index (χ4n) is 1.47. The monoisotopic (exact) mass is 324 g/mol. The number of carboxylic acid groups (broad SMARTS) is 1. The van der Waals surface area contributed by atoms with E-state index in [2.05, 4.69) is 36.2 Å². The Morgan fingerprint density at radius 3 is 2.79 bits per heavy atom. The van der Waals surface area contributed by atoms with Crippen molar-refractivity contribution in [3.8, 4) is 0 Å². The van der Waals surface area contributed by atoms with Crippen molar-refractivity contribution in [2.45, 2.75) is 6.92 Å². The van der Waals surface area contributed by atoms with Crippen LogP contribution in [0.1, 0.15) is 26.5 Å². The molecular weight excluding hydrogens is 316 g/mol. The third-order valence-corrected chi connectivity index (χ3v) is 2.78. The summed E-state index contributed by atoms with van der Waals surface area (Å²) in [6.45, 7) is 1.77. The van der Waals surface area contributed by atoms with Gasteiger partial charge in [-0.15, -0.1) is 0 Å². The molecule has 7 nitrogen and oxygen atoms in total. The highest BCUT2D eigenvalue weighted by molar-refractivity contribution is 9.10. The van der Waals surface area contributed by atoms with Crippen LogP contribution in [0.3, 0.4) is 0 Å². The number of imidazole rings is 1. The third-order valence-electron chi connectivity index (χ3n) is 2.35. The maximum absolute atomic E-state index is 11.9. The van der Waals surface area contributed by atoms with Crippen LogP contribution >= 0.6 is 15.9 Å². The summed E-state index contributed by atoms with van der Waals surface area (Å²) in [5.41, 5.74) is 0.305. The number of nitrogens with one attached hydrogen (secondary N) is 2. The summed E-state index contributed by atoms with van der Waals surface area (Å²) in [6.07, 6.45) is 2.69. The number of hydrogen-bond donors (Lipinski definition) is 3. The number of H-pyrrole nitrogens is 1. The van der Waals surface area contributed by atoms with Gasteiger partial charge in [0.2, 0.25) is 0 Å². The second kappa shape index (κ2) is 5.19. The van der Waals surface area contributed by atoms with Gasteiger partial charge >= 0.3 is 5.97 Å². The lowest BCUT2D eigenvalue weighted by Crippen LogP contribution is -2.17. The molecule has 0 aliphatic carbocycles. The van der Waals surface area contributed by atoms with E-state index in [1.807, 2.05) is 0 Å². The van der Waals surface area contributed by atoms with Crippen LogP contribution in [0.25, 0.3) is 0 Å². The number of rotatable bonds is 3. The number of hydrogen-bond acceptors (Lipinski definition) is 4. The Kier molecular flexibility index (Phi) is 3.61. The zero-order valence-electron chi connectivity index (χ0n) is 9.77. The van der Waals surface area contributed by atoms with Gasteiger partial charge in [0, 0.05) is 10.7 Å². The Hall–Kier alpha value is -2.22. The predicted molar refractivity (Wildman–Crippen MR) is 70.2 cm³/mol. The van der Waals surface area contributed by atoms with Crippen LogP contribution < -0.4 is 5.32 Å². The van der Waals surface area contributed by atoms with Gasteiger partial charge in [0.05, 0.1) is 6.33 Å². The first-order chi connectivity index (χ1) is 8.99. The Balaban J connectivity index is 2.26. The van der Waals surface area contributed by atoms with Gasteiger partial charge in [-0.1, -0.05) is 0 Å². The second-order valence-electron chi connectivity index (χ2n) is 3.70. The molecule has 0 aliphatic rings. The van der Waals surface area contributed by atoms with Crippen molar-refractivity contribution in [3.05, 3.63) is 40.0 Å². The fraction of sp³-hybridized carbons (Fsp3) is 0.0909. The summed E-state index contributed by atoms with van der Waals surface area (Å²) in [7, 11) is 0. The number of carbonyl (C=O) groups is 2. The molecule has 0 spiro atoms.